The number of rotatable bonds is 6. The molecule has 1 unspecified atom stereocenters. The molecule has 1 atom stereocenters. The second kappa shape index (κ2) is 10.1. The third kappa shape index (κ3) is 4.92. The van der Waals surface area contributed by atoms with Gasteiger partial charge in [0.25, 0.3) is 0 Å². The van der Waals surface area contributed by atoms with Crippen molar-refractivity contribution in [3.8, 4) is 17.3 Å². The lowest BCUT2D eigenvalue weighted by molar-refractivity contribution is -0.141. The predicted octanol–water partition coefficient (Wildman–Crippen LogP) is 3.12. The highest BCUT2D eigenvalue weighted by atomic mass is 16.5. The van der Waals surface area contributed by atoms with Gasteiger partial charge in [-0.25, -0.2) is 4.98 Å². The molecule has 1 aromatic heterocycles. The van der Waals surface area contributed by atoms with E-state index < -0.39 is 0 Å². The summed E-state index contributed by atoms with van der Waals surface area (Å²) in [6, 6.07) is 9.90. The molecular formula is C25H32N4O3. The molecule has 1 aliphatic heterocycles. The molecule has 0 radical (unpaired) electrons. The van der Waals surface area contributed by atoms with Gasteiger partial charge in [0.1, 0.15) is 0 Å². The number of likely N-dealkylation sites (tertiary alicyclic amines) is 1. The van der Waals surface area contributed by atoms with E-state index in [0.29, 0.717) is 44.0 Å². The van der Waals surface area contributed by atoms with Crippen molar-refractivity contribution < 1.29 is 14.3 Å². The van der Waals surface area contributed by atoms with Crippen LogP contribution in [0.2, 0.25) is 0 Å². The largest absolute Gasteiger partial charge is 0.478 e. The summed E-state index contributed by atoms with van der Waals surface area (Å²) in [7, 11) is 1.74. The molecule has 0 N–H and O–H groups in total. The molecule has 1 fully saturated rings. The minimum atomic E-state index is -0.129. The summed E-state index contributed by atoms with van der Waals surface area (Å²) in [4.78, 5) is 38.6. The second-order valence-electron chi connectivity index (χ2n) is 8.63. The van der Waals surface area contributed by atoms with Crippen LogP contribution < -0.4 is 4.74 Å². The van der Waals surface area contributed by atoms with Crippen LogP contribution >= 0.6 is 0 Å². The second-order valence-corrected chi connectivity index (χ2v) is 8.63. The maximum atomic E-state index is 13.1. The molecule has 0 spiro atoms. The van der Waals surface area contributed by atoms with Crippen LogP contribution in [0.3, 0.4) is 0 Å². The molecular weight excluding hydrogens is 404 g/mol. The van der Waals surface area contributed by atoms with Crippen molar-refractivity contribution in [1.29, 1.82) is 0 Å². The summed E-state index contributed by atoms with van der Waals surface area (Å²) >= 11 is 0. The van der Waals surface area contributed by atoms with E-state index in [1.165, 1.54) is 0 Å². The van der Waals surface area contributed by atoms with Crippen LogP contribution in [-0.4, -0.2) is 64.9 Å². The molecule has 2 amide bonds. The van der Waals surface area contributed by atoms with Crippen molar-refractivity contribution in [2.24, 2.45) is 5.92 Å². The molecule has 1 saturated heterocycles. The van der Waals surface area contributed by atoms with Gasteiger partial charge in [-0.1, -0.05) is 30.3 Å². The van der Waals surface area contributed by atoms with Crippen LogP contribution in [0.5, 0.6) is 5.88 Å². The highest BCUT2D eigenvalue weighted by Crippen LogP contribution is 2.32. The fraction of sp³-hybridized carbons (Fsp3) is 0.520. The van der Waals surface area contributed by atoms with E-state index in [2.05, 4.69) is 0 Å². The van der Waals surface area contributed by atoms with Gasteiger partial charge in [-0.15, -0.1) is 0 Å². The van der Waals surface area contributed by atoms with Crippen molar-refractivity contribution in [2.75, 3.05) is 33.3 Å². The summed E-state index contributed by atoms with van der Waals surface area (Å²) in [5.41, 5.74) is 2.93. The van der Waals surface area contributed by atoms with Gasteiger partial charge >= 0.3 is 0 Å². The van der Waals surface area contributed by atoms with Crippen molar-refractivity contribution in [1.82, 2.24) is 19.8 Å². The number of aromatic nitrogens is 2. The molecule has 0 bridgehead atoms. The number of amides is 2. The van der Waals surface area contributed by atoms with Crippen LogP contribution in [0.25, 0.3) is 11.4 Å². The first kappa shape index (κ1) is 22.2. The number of carbonyl (C=O) groups excluding carboxylic acids is 2. The number of benzene rings is 1. The molecule has 170 valence electrons. The lowest BCUT2D eigenvalue weighted by Crippen LogP contribution is -2.42. The first-order valence-electron chi connectivity index (χ1n) is 11.7. The average molecular weight is 437 g/mol. The Kier molecular flexibility index (Phi) is 7.02. The van der Waals surface area contributed by atoms with Gasteiger partial charge in [0.05, 0.1) is 18.8 Å². The van der Waals surface area contributed by atoms with E-state index in [1.54, 1.807) is 11.9 Å². The standard InChI is InChI=1S/C25H32N4O3/c1-3-32-24-20-13-11-19(25(31)28(2)17-22(30)29-15-7-8-16-29)12-14-21(20)26-23(27-24)18-9-5-4-6-10-18/h4-6,9-10,19H,3,7-8,11-17H2,1-2H3. The zero-order chi connectivity index (χ0) is 22.5. The Morgan fingerprint density at radius 3 is 2.53 bits per heavy atom. The van der Waals surface area contributed by atoms with Crippen LogP contribution in [-0.2, 0) is 22.4 Å². The number of likely N-dealkylation sites (N-methyl/N-ethyl adjacent to an activating group) is 1. The Bertz CT molecular complexity index is 957. The molecule has 2 aliphatic rings. The van der Waals surface area contributed by atoms with Gasteiger partial charge < -0.3 is 14.5 Å². The third-order valence-electron chi connectivity index (χ3n) is 6.40. The number of ether oxygens (including phenoxy) is 1. The van der Waals surface area contributed by atoms with Crippen LogP contribution in [0.4, 0.5) is 0 Å². The molecule has 0 saturated carbocycles. The molecule has 7 nitrogen and oxygen atoms in total. The minimum absolute atomic E-state index is 0.0413. The van der Waals surface area contributed by atoms with Crippen molar-refractivity contribution in [3.05, 3.63) is 41.6 Å². The zero-order valence-electron chi connectivity index (χ0n) is 19.0. The summed E-state index contributed by atoms with van der Waals surface area (Å²) in [5.74, 6) is 1.25. The maximum absolute atomic E-state index is 13.1. The first-order valence-corrected chi connectivity index (χ1v) is 11.7. The highest BCUT2D eigenvalue weighted by Gasteiger charge is 2.29. The average Bonchev–Trinajstić information content (AvgIpc) is 3.27. The number of aryl methyl sites for hydroxylation is 1. The number of nitrogens with zero attached hydrogens (tertiary/aromatic N) is 4. The van der Waals surface area contributed by atoms with Crippen molar-refractivity contribution in [3.63, 3.8) is 0 Å². The van der Waals surface area contributed by atoms with E-state index >= 15 is 0 Å². The van der Waals surface area contributed by atoms with Gasteiger partial charge in [0.2, 0.25) is 17.7 Å². The summed E-state index contributed by atoms with van der Waals surface area (Å²) in [5, 5.41) is 0. The Morgan fingerprint density at radius 2 is 1.81 bits per heavy atom. The van der Waals surface area contributed by atoms with Crippen LogP contribution in [0.15, 0.2) is 30.3 Å². The fourth-order valence-electron chi connectivity index (χ4n) is 4.62. The Labute approximate surface area is 189 Å². The van der Waals surface area contributed by atoms with E-state index in [4.69, 9.17) is 14.7 Å². The first-order chi connectivity index (χ1) is 15.6. The van der Waals surface area contributed by atoms with Crippen LogP contribution in [0.1, 0.15) is 43.9 Å². The highest BCUT2D eigenvalue weighted by molar-refractivity contribution is 5.86. The van der Waals surface area contributed by atoms with Gasteiger partial charge in [0, 0.05) is 37.2 Å². The van der Waals surface area contributed by atoms with Gasteiger partial charge in [-0.3, -0.25) is 9.59 Å². The number of hydrogen-bond acceptors (Lipinski definition) is 5. The monoisotopic (exact) mass is 436 g/mol. The van der Waals surface area contributed by atoms with E-state index in [0.717, 1.165) is 42.8 Å². The molecule has 2 aromatic rings. The molecule has 7 heteroatoms. The minimum Gasteiger partial charge on any atom is -0.478 e. The summed E-state index contributed by atoms with van der Waals surface area (Å²) in [6.07, 6.45) is 4.93. The molecule has 1 aromatic carbocycles. The fourth-order valence-corrected chi connectivity index (χ4v) is 4.62. The maximum Gasteiger partial charge on any atom is 0.242 e. The van der Waals surface area contributed by atoms with E-state index in [9.17, 15) is 9.59 Å². The lowest BCUT2D eigenvalue weighted by Gasteiger charge is -2.24. The Hall–Kier alpha value is -2.96. The van der Waals surface area contributed by atoms with Crippen LogP contribution in [0, 0.1) is 5.92 Å². The summed E-state index contributed by atoms with van der Waals surface area (Å²) in [6.45, 7) is 4.25. The van der Waals surface area contributed by atoms with Gasteiger partial charge in [-0.2, -0.15) is 4.98 Å². The number of hydrogen-bond donors (Lipinski definition) is 0. The van der Waals surface area contributed by atoms with Crippen molar-refractivity contribution >= 4 is 11.8 Å². The molecule has 32 heavy (non-hydrogen) atoms. The quantitative estimate of drug-likeness (QED) is 0.651. The molecule has 2 heterocycles. The lowest BCUT2D eigenvalue weighted by atomic mass is 9.98. The van der Waals surface area contributed by atoms with Gasteiger partial charge in [-0.05, 0) is 45.4 Å². The predicted molar refractivity (Wildman–Crippen MR) is 122 cm³/mol. The smallest absolute Gasteiger partial charge is 0.242 e. The van der Waals surface area contributed by atoms with E-state index in [1.807, 2.05) is 42.2 Å². The normalized spacial score (nSPS) is 18.1. The molecule has 1 aliphatic carbocycles. The van der Waals surface area contributed by atoms with Crippen molar-refractivity contribution in [2.45, 2.75) is 45.4 Å². The third-order valence-corrected chi connectivity index (χ3v) is 6.40. The Morgan fingerprint density at radius 1 is 1.09 bits per heavy atom. The Balaban J connectivity index is 1.48. The summed E-state index contributed by atoms with van der Waals surface area (Å²) < 4.78 is 5.88. The zero-order valence-corrected chi connectivity index (χ0v) is 19.0. The number of fused-ring (bicyclic) bond motifs is 1. The topological polar surface area (TPSA) is 75.6 Å². The molecule has 4 rings (SSSR count). The SMILES string of the molecule is CCOc1nc(-c2ccccc2)nc2c1CCC(C(=O)N(C)CC(=O)N1CCCC1)CC2. The number of carbonyl (C=O) groups is 2. The van der Waals surface area contributed by atoms with E-state index in [-0.39, 0.29) is 24.3 Å². The van der Waals surface area contributed by atoms with Gasteiger partial charge in [0.15, 0.2) is 5.82 Å².